The van der Waals surface area contributed by atoms with Gasteiger partial charge in [-0.2, -0.15) is 0 Å². The molecule has 0 spiro atoms. The highest BCUT2D eigenvalue weighted by molar-refractivity contribution is 5.79. The summed E-state index contributed by atoms with van der Waals surface area (Å²) < 4.78 is 61.7. The first-order chi connectivity index (χ1) is 8.83. The van der Waals surface area contributed by atoms with Crippen LogP contribution >= 0.6 is 0 Å². The van der Waals surface area contributed by atoms with E-state index in [-0.39, 0.29) is 5.31 Å². The first-order valence-corrected chi connectivity index (χ1v) is 3.29. The molecule has 2 rings (SSSR count). The molecule has 1 heterocycles. The number of allylic oxidation sites excluding steroid dienone is 4. The summed E-state index contributed by atoms with van der Waals surface area (Å²) in [5, 5.41) is 9.54. The van der Waals surface area contributed by atoms with E-state index in [0.717, 1.165) is 12.2 Å². The molecule has 2 aliphatic rings. The molecule has 12 heavy (non-hydrogen) atoms. The van der Waals surface area contributed by atoms with Crippen molar-refractivity contribution in [3.8, 4) is 0 Å². The minimum absolute atomic E-state index is 0.0188. The molecule has 0 aromatic rings. The summed E-state index contributed by atoms with van der Waals surface area (Å²) in [4.78, 5) is 11.7. The Kier molecular flexibility index (Phi) is 0.581. The van der Waals surface area contributed by atoms with Gasteiger partial charge in [0.05, 0.1) is 5.76 Å². The van der Waals surface area contributed by atoms with Gasteiger partial charge in [0.15, 0.2) is 1.41 Å². The molecule has 3 nitrogen and oxygen atoms in total. The van der Waals surface area contributed by atoms with Crippen molar-refractivity contribution in [2.75, 3.05) is 0 Å². The van der Waals surface area contributed by atoms with E-state index in [4.69, 9.17) is 11.0 Å². The number of piperidine rings is 1. The van der Waals surface area contributed by atoms with E-state index in [2.05, 4.69) is 0 Å². The van der Waals surface area contributed by atoms with Crippen molar-refractivity contribution in [1.29, 1.82) is 0 Å². The summed E-state index contributed by atoms with van der Waals surface area (Å²) in [5.41, 5.74) is -0.662. The molecule has 1 aliphatic heterocycles. The third kappa shape index (κ3) is 1.22. The van der Waals surface area contributed by atoms with E-state index in [1.54, 1.807) is 0 Å². The number of carbonyl (C=O) groups is 1. The van der Waals surface area contributed by atoms with E-state index in [0.29, 0.717) is 0 Å². The van der Waals surface area contributed by atoms with Crippen LogP contribution in [0.5, 0.6) is 0 Å². The molecule has 0 radical (unpaired) electrons. The Morgan fingerprint density at radius 2 is 2.67 bits per heavy atom. The average Bonchev–Trinajstić information content (AvgIpc) is 2.33. The van der Waals surface area contributed by atoms with E-state index >= 15 is 0 Å². The van der Waals surface area contributed by atoms with Crippen LogP contribution in [0.2, 0.25) is 1.41 Å². The lowest BCUT2D eigenvalue weighted by Gasteiger charge is -2.27. The number of hydrogen-bond donors (Lipinski definition) is 2. The van der Waals surface area contributed by atoms with Crippen LogP contribution in [0.4, 0.5) is 0 Å². The van der Waals surface area contributed by atoms with Gasteiger partial charge in [-0.1, -0.05) is 0 Å². The number of aliphatic hydroxyl groups is 1. The molecule has 64 valence electrons. The van der Waals surface area contributed by atoms with Gasteiger partial charge in [0.1, 0.15) is 0 Å². The Bertz CT molecular complexity index is 554. The van der Waals surface area contributed by atoms with Gasteiger partial charge in [-0.05, 0) is 18.5 Å². The molecule has 0 saturated carbocycles. The van der Waals surface area contributed by atoms with Gasteiger partial charge < -0.3 is 10.4 Å². The van der Waals surface area contributed by atoms with Crippen LogP contribution in [0.3, 0.4) is 0 Å². The Labute approximate surface area is 82.1 Å². The second kappa shape index (κ2) is 2.66. The summed E-state index contributed by atoms with van der Waals surface area (Å²) in [6.07, 6.45) is -7.85. The van der Waals surface area contributed by atoms with Gasteiger partial charge in [-0.25, -0.2) is 0 Å². The van der Waals surface area contributed by atoms with Crippen LogP contribution in [0, 0.1) is 5.89 Å². The predicted octanol–water partition coefficient (Wildman–Crippen LogP) is 1.24. The first kappa shape index (κ1) is 2.62. The average molecular weight is 173 g/mol. The molecule has 1 fully saturated rings. The molecule has 0 bridgehead atoms. The van der Waals surface area contributed by atoms with Crippen molar-refractivity contribution in [2.45, 2.75) is 19.1 Å². The van der Waals surface area contributed by atoms with Crippen LogP contribution in [0.25, 0.3) is 0 Å². The molecule has 1 aliphatic carbocycles. The molecule has 1 saturated heterocycles. The topological polar surface area (TPSA) is 49.3 Å². The Balaban J connectivity index is 2.83. The highest BCUT2D eigenvalue weighted by Gasteiger charge is 2.25. The molecular weight excluding hydrogens is 154 g/mol. The lowest BCUT2D eigenvalue weighted by atomic mass is 9.88. The summed E-state index contributed by atoms with van der Waals surface area (Å²) in [6, 6.07) is 0. The third-order valence-corrected chi connectivity index (χ3v) is 1.42. The Morgan fingerprint density at radius 3 is 3.50 bits per heavy atom. The number of aliphatic hydroxyl groups excluding tert-OH is 1. The fourth-order valence-corrected chi connectivity index (χ4v) is 0.917. The summed E-state index contributed by atoms with van der Waals surface area (Å²) in [7, 11) is 0. The maximum absolute atomic E-state index is 11.7. The molecular formula is C9H11NO2. The lowest BCUT2D eigenvalue weighted by molar-refractivity contribution is -0.121. The zero-order chi connectivity index (χ0) is 15.7. The fourth-order valence-electron chi connectivity index (χ4n) is 0.917. The summed E-state index contributed by atoms with van der Waals surface area (Å²) in [5.74, 6) is -5.46. The van der Waals surface area contributed by atoms with E-state index in [9.17, 15) is 9.90 Å². The van der Waals surface area contributed by atoms with Crippen molar-refractivity contribution in [2.24, 2.45) is 5.89 Å². The van der Waals surface area contributed by atoms with Crippen molar-refractivity contribution in [3.05, 3.63) is 23.6 Å². The third-order valence-electron chi connectivity index (χ3n) is 1.42. The molecule has 1 unspecified atom stereocenters. The van der Waals surface area contributed by atoms with Crippen molar-refractivity contribution >= 4 is 5.91 Å². The predicted molar refractivity (Wildman–Crippen MR) is 44.3 cm³/mol. The zero-order valence-electron chi connectivity index (χ0n) is 14.0. The van der Waals surface area contributed by atoms with Gasteiger partial charge in [0.2, 0.25) is 5.91 Å². The molecule has 0 aromatic carbocycles. The second-order valence-corrected chi connectivity index (χ2v) is 2.27. The van der Waals surface area contributed by atoms with Crippen molar-refractivity contribution in [1.82, 2.24) is 5.31 Å². The molecule has 3 heteroatoms. The minimum Gasteiger partial charge on any atom is -0.512 e. The van der Waals surface area contributed by atoms with Crippen LogP contribution < -0.4 is 5.31 Å². The van der Waals surface area contributed by atoms with Gasteiger partial charge >= 0.3 is 0 Å². The number of nitrogens with one attached hydrogen (secondary N) is 1. The Morgan fingerprint density at radius 1 is 1.83 bits per heavy atom. The van der Waals surface area contributed by atoms with Crippen LogP contribution in [-0.4, -0.2) is 11.0 Å². The van der Waals surface area contributed by atoms with E-state index < -0.39 is 42.4 Å². The maximum atomic E-state index is 11.7. The Hall–Kier alpha value is -1.25. The standard InChI is InChI=1S/C9H11NO2/c11-7-2-3-8-6(5-7)1-4-9(12)10-8/h2-3,6,11H,1,4-5H2,(H,10,12)/i1D2,4D2,5D2,6D/hD. The molecule has 1 amide bonds. The van der Waals surface area contributed by atoms with Gasteiger partial charge in [0, 0.05) is 33.9 Å². The molecule has 1 atom stereocenters. The number of amides is 1. The van der Waals surface area contributed by atoms with Crippen LogP contribution in [-0.2, 0) is 4.79 Å². The number of hydrogen-bond acceptors (Lipinski definition) is 2. The van der Waals surface area contributed by atoms with Crippen LogP contribution in [0.15, 0.2) is 23.6 Å². The normalized spacial score (nSPS) is 57.7. The quantitative estimate of drug-likeness (QED) is 0.579. The summed E-state index contributed by atoms with van der Waals surface area (Å²) in [6.45, 7) is 0. The number of fused-ring (bicyclic) bond motifs is 1. The lowest BCUT2D eigenvalue weighted by Crippen LogP contribution is -2.33. The fraction of sp³-hybridized carbons (Fsp3) is 0.444. The number of carbonyl (C=O) groups excluding carboxylic acids is 1. The largest absolute Gasteiger partial charge is 0.512 e. The van der Waals surface area contributed by atoms with Gasteiger partial charge in [-0.3, -0.25) is 4.79 Å². The molecule has 2 N–H and O–H groups in total. The van der Waals surface area contributed by atoms with E-state index in [1.807, 2.05) is 0 Å². The van der Waals surface area contributed by atoms with Crippen LogP contribution in [0.1, 0.15) is 28.7 Å². The smallest absolute Gasteiger partial charge is 0.224 e. The highest BCUT2D eigenvalue weighted by Crippen LogP contribution is 2.29. The monoisotopic (exact) mass is 173 g/mol. The van der Waals surface area contributed by atoms with Gasteiger partial charge in [-0.15, -0.1) is 0 Å². The second-order valence-electron chi connectivity index (χ2n) is 2.27. The number of rotatable bonds is 0. The summed E-state index contributed by atoms with van der Waals surface area (Å²) >= 11 is 0. The van der Waals surface area contributed by atoms with Crippen molar-refractivity contribution in [3.63, 3.8) is 0 Å². The molecule has 0 aromatic heterocycles. The first-order valence-electron chi connectivity index (χ1n) is 7.23. The van der Waals surface area contributed by atoms with Crippen molar-refractivity contribution < 1.29 is 20.9 Å². The maximum Gasteiger partial charge on any atom is 0.224 e. The highest BCUT2D eigenvalue weighted by atomic mass is 16.3. The van der Waals surface area contributed by atoms with Gasteiger partial charge in [0.25, 0.3) is 0 Å². The zero-order valence-corrected chi connectivity index (χ0v) is 5.96. The minimum atomic E-state index is -3.29. The SMILES string of the molecule is [2H]N1C(=O)C([2H])([2H])C([2H])([2H])C2([2H])C1=CC=C(O)C2([2H])[2H]. The van der Waals surface area contributed by atoms with E-state index in [1.165, 1.54) is 0 Å².